The Morgan fingerprint density at radius 3 is 2.20 bits per heavy atom. The van der Waals surface area contributed by atoms with Gasteiger partial charge in [0.05, 0.1) is 0 Å². The normalized spacial score (nSPS) is 12.0. The number of rotatable bonds is 6. The molecule has 0 aliphatic rings. The monoisotopic (exact) mass is 353 g/mol. The molecule has 2 nitrogen and oxygen atoms in total. The lowest BCUT2D eigenvalue weighted by molar-refractivity contribution is 0.0897. The highest BCUT2D eigenvalue weighted by Gasteiger charge is 2.21. The minimum absolute atomic E-state index is 0. The van der Waals surface area contributed by atoms with Gasteiger partial charge in [-0.25, -0.2) is 0 Å². The van der Waals surface area contributed by atoms with Gasteiger partial charge in [-0.2, -0.15) is 0 Å². The molecule has 0 saturated heterocycles. The summed E-state index contributed by atoms with van der Waals surface area (Å²) in [4.78, 5) is 15.2. The van der Waals surface area contributed by atoms with Gasteiger partial charge < -0.3 is 4.90 Å². The molecule has 0 bridgehead atoms. The van der Waals surface area contributed by atoms with Gasteiger partial charge in [0.25, 0.3) is 0 Å². The molecule has 0 aromatic heterocycles. The van der Waals surface area contributed by atoms with Crippen molar-refractivity contribution in [2.24, 2.45) is 5.92 Å². The fourth-order valence-electron chi connectivity index (χ4n) is 3.16. The molecule has 0 heterocycles. The summed E-state index contributed by atoms with van der Waals surface area (Å²) < 4.78 is 0. The summed E-state index contributed by atoms with van der Waals surface area (Å²) >= 11 is 0. The highest BCUT2D eigenvalue weighted by Crippen LogP contribution is 2.20. The lowest BCUT2D eigenvalue weighted by atomic mass is 9.90. The predicted octanol–water partition coefficient (Wildman–Crippen LogP) is 4.86. The molecule has 1 atom stereocenters. The van der Waals surface area contributed by atoms with Gasteiger partial charge in [-0.15, -0.1) is 12.4 Å². The van der Waals surface area contributed by atoms with E-state index >= 15 is 0 Å². The third-order valence-corrected chi connectivity index (χ3v) is 4.32. The van der Waals surface area contributed by atoms with Crippen LogP contribution in [0.4, 0.5) is 0 Å². The predicted molar refractivity (Wildman–Crippen MR) is 108 cm³/mol. The van der Waals surface area contributed by atoms with Crippen molar-refractivity contribution in [1.29, 1.82) is 0 Å². The van der Waals surface area contributed by atoms with Crippen LogP contribution in [0.3, 0.4) is 0 Å². The number of carbonyl (C=O) groups is 1. The summed E-state index contributed by atoms with van der Waals surface area (Å²) in [5.74, 6) is 0.182. The molecule has 1 unspecified atom stereocenters. The summed E-state index contributed by atoms with van der Waals surface area (Å²) in [5, 5.41) is 2.29. The van der Waals surface area contributed by atoms with Crippen molar-refractivity contribution < 1.29 is 4.79 Å². The van der Waals surface area contributed by atoms with Gasteiger partial charge >= 0.3 is 0 Å². The van der Waals surface area contributed by atoms with E-state index in [0.717, 1.165) is 23.9 Å². The Kier molecular flexibility index (Phi) is 6.74. The lowest BCUT2D eigenvalue weighted by Gasteiger charge is -2.20. The Labute approximate surface area is 155 Å². The van der Waals surface area contributed by atoms with Crippen LogP contribution in [0.2, 0.25) is 0 Å². The van der Waals surface area contributed by atoms with Gasteiger partial charge in [0.15, 0.2) is 5.78 Å². The third kappa shape index (κ3) is 4.91. The van der Waals surface area contributed by atoms with Crippen LogP contribution in [0.5, 0.6) is 0 Å². The molecular weight excluding hydrogens is 330 g/mol. The fourth-order valence-corrected chi connectivity index (χ4v) is 3.16. The van der Waals surface area contributed by atoms with Crippen LogP contribution in [0.25, 0.3) is 10.8 Å². The second kappa shape index (κ2) is 8.80. The molecule has 0 saturated carbocycles. The maximum atomic E-state index is 13.1. The van der Waals surface area contributed by atoms with Crippen LogP contribution in [0.15, 0.2) is 72.8 Å². The number of hydrogen-bond acceptors (Lipinski definition) is 2. The van der Waals surface area contributed by atoms with Gasteiger partial charge in [0.1, 0.15) is 0 Å². The third-order valence-electron chi connectivity index (χ3n) is 4.32. The first-order valence-corrected chi connectivity index (χ1v) is 8.35. The van der Waals surface area contributed by atoms with Crippen molar-refractivity contribution in [3.8, 4) is 0 Å². The van der Waals surface area contributed by atoms with E-state index in [4.69, 9.17) is 0 Å². The van der Waals surface area contributed by atoms with E-state index < -0.39 is 0 Å². The molecule has 3 aromatic rings. The van der Waals surface area contributed by atoms with E-state index in [1.807, 2.05) is 62.6 Å². The van der Waals surface area contributed by atoms with Gasteiger partial charge in [-0.3, -0.25) is 4.79 Å². The minimum Gasteiger partial charge on any atom is -0.309 e. The van der Waals surface area contributed by atoms with Crippen molar-refractivity contribution in [2.45, 2.75) is 6.42 Å². The van der Waals surface area contributed by atoms with Crippen LogP contribution in [-0.2, 0) is 6.42 Å². The second-order valence-corrected chi connectivity index (χ2v) is 6.58. The standard InChI is InChI=1S/C22H23NO.ClH/c1-23(2)16-21(14-17-8-4-3-5-9-17)22(24)20-13-12-18-10-6-7-11-19(18)15-20;/h3-13,15,21H,14,16H2,1-2H3;1H. The molecule has 3 aromatic carbocycles. The summed E-state index contributed by atoms with van der Waals surface area (Å²) in [6.45, 7) is 0.751. The Balaban J connectivity index is 0.00000225. The van der Waals surface area contributed by atoms with Crippen LogP contribution < -0.4 is 0 Å². The van der Waals surface area contributed by atoms with Gasteiger partial charge in [0.2, 0.25) is 0 Å². The maximum Gasteiger partial charge on any atom is 0.167 e. The summed E-state index contributed by atoms with van der Waals surface area (Å²) in [6.07, 6.45) is 0.769. The number of ketones is 1. The molecule has 0 aliphatic heterocycles. The number of fused-ring (bicyclic) bond motifs is 1. The first kappa shape index (κ1) is 19.2. The van der Waals surface area contributed by atoms with Crippen LogP contribution in [0.1, 0.15) is 15.9 Å². The molecule has 0 N–H and O–H groups in total. The molecule has 0 spiro atoms. The lowest BCUT2D eigenvalue weighted by Crippen LogP contribution is -2.29. The van der Waals surface area contributed by atoms with Gasteiger partial charge in [-0.05, 0) is 42.9 Å². The first-order chi connectivity index (χ1) is 11.6. The number of Topliss-reactive ketones (excluding diaryl/α,β-unsaturated/α-hetero) is 1. The SMILES string of the molecule is CN(C)CC(Cc1ccccc1)C(=O)c1ccc2ccccc2c1.Cl. The molecule has 0 aliphatic carbocycles. The van der Waals surface area contributed by atoms with E-state index in [1.54, 1.807) is 0 Å². The molecule has 0 fully saturated rings. The second-order valence-electron chi connectivity index (χ2n) is 6.58. The number of benzene rings is 3. The Hall–Kier alpha value is -2.16. The van der Waals surface area contributed by atoms with Crippen molar-refractivity contribution in [3.05, 3.63) is 83.9 Å². The first-order valence-electron chi connectivity index (χ1n) is 8.35. The zero-order chi connectivity index (χ0) is 16.9. The number of hydrogen-bond donors (Lipinski definition) is 0. The summed E-state index contributed by atoms with van der Waals surface area (Å²) in [6, 6.07) is 24.4. The average molecular weight is 354 g/mol. The molecule has 3 heteroatoms. The molecular formula is C22H24ClNO. The maximum absolute atomic E-state index is 13.1. The Morgan fingerprint density at radius 1 is 0.880 bits per heavy atom. The zero-order valence-electron chi connectivity index (χ0n) is 14.7. The quantitative estimate of drug-likeness (QED) is 0.589. The Bertz CT molecular complexity index is 830. The topological polar surface area (TPSA) is 20.3 Å². The van der Waals surface area contributed by atoms with Crippen LogP contribution >= 0.6 is 12.4 Å². The molecule has 0 radical (unpaired) electrons. The van der Waals surface area contributed by atoms with Crippen molar-refractivity contribution in [1.82, 2.24) is 4.90 Å². The number of nitrogens with zero attached hydrogens (tertiary/aromatic N) is 1. The van der Waals surface area contributed by atoms with Crippen molar-refractivity contribution in [3.63, 3.8) is 0 Å². The van der Waals surface area contributed by atoms with E-state index in [1.165, 1.54) is 10.9 Å². The van der Waals surface area contributed by atoms with E-state index in [2.05, 4.69) is 29.2 Å². The van der Waals surface area contributed by atoms with Crippen LogP contribution in [-0.4, -0.2) is 31.3 Å². The molecule has 130 valence electrons. The van der Waals surface area contributed by atoms with Crippen molar-refractivity contribution in [2.75, 3.05) is 20.6 Å². The smallest absolute Gasteiger partial charge is 0.167 e. The van der Waals surface area contributed by atoms with Crippen molar-refractivity contribution >= 4 is 29.0 Å². The van der Waals surface area contributed by atoms with E-state index in [0.29, 0.717) is 0 Å². The number of halogens is 1. The average Bonchev–Trinajstić information content (AvgIpc) is 2.60. The van der Waals surface area contributed by atoms with E-state index in [-0.39, 0.29) is 24.1 Å². The Morgan fingerprint density at radius 2 is 1.52 bits per heavy atom. The molecule has 0 amide bonds. The fraction of sp³-hybridized carbons (Fsp3) is 0.227. The highest BCUT2D eigenvalue weighted by atomic mass is 35.5. The zero-order valence-corrected chi connectivity index (χ0v) is 15.5. The molecule has 3 rings (SSSR count). The van der Waals surface area contributed by atoms with Crippen LogP contribution in [0, 0.1) is 5.92 Å². The molecule has 25 heavy (non-hydrogen) atoms. The van der Waals surface area contributed by atoms with E-state index in [9.17, 15) is 4.79 Å². The summed E-state index contributed by atoms with van der Waals surface area (Å²) in [7, 11) is 4.04. The minimum atomic E-state index is -0.0384. The number of carbonyl (C=O) groups excluding carboxylic acids is 1. The van der Waals surface area contributed by atoms with Gasteiger partial charge in [0, 0.05) is 18.0 Å². The highest BCUT2D eigenvalue weighted by molar-refractivity contribution is 6.01. The summed E-state index contributed by atoms with van der Waals surface area (Å²) in [5.41, 5.74) is 2.01. The largest absolute Gasteiger partial charge is 0.309 e. The van der Waals surface area contributed by atoms with Gasteiger partial charge in [-0.1, -0.05) is 66.7 Å².